The number of hydrogen-bond donors (Lipinski definition) is 2. The molecule has 0 unspecified atom stereocenters. The average Bonchev–Trinajstić information content (AvgIpc) is 2.30. The number of nitrogens with two attached hydrogens (primary N) is 1. The number of halogens is 1. The van der Waals surface area contributed by atoms with Gasteiger partial charge in [-0.25, -0.2) is 4.39 Å². The Morgan fingerprint density at radius 3 is 2.94 bits per heavy atom. The van der Waals surface area contributed by atoms with E-state index < -0.39 is 22.2 Å². The third-order valence-electron chi connectivity index (χ3n) is 1.88. The van der Waals surface area contributed by atoms with Gasteiger partial charge in [0, 0.05) is 12.5 Å². The molecule has 0 saturated carbocycles. The van der Waals surface area contributed by atoms with Crippen LogP contribution in [0.15, 0.2) is 23.4 Å². The molecule has 0 saturated heterocycles. The number of benzene rings is 1. The third kappa shape index (κ3) is 3.30. The van der Waals surface area contributed by atoms with E-state index in [4.69, 9.17) is 15.7 Å². The van der Waals surface area contributed by atoms with Gasteiger partial charge in [0.1, 0.15) is 5.84 Å². The van der Waals surface area contributed by atoms with Crippen molar-refractivity contribution in [1.29, 1.82) is 0 Å². The van der Waals surface area contributed by atoms with Crippen LogP contribution in [0.5, 0.6) is 5.75 Å². The van der Waals surface area contributed by atoms with Gasteiger partial charge in [0.15, 0.2) is 5.82 Å². The van der Waals surface area contributed by atoms with Gasteiger partial charge in [-0.15, -0.1) is 0 Å². The molecule has 1 aromatic carbocycles. The van der Waals surface area contributed by atoms with Gasteiger partial charge in [-0.2, -0.15) is 0 Å². The van der Waals surface area contributed by atoms with E-state index in [0.717, 1.165) is 12.1 Å². The number of nitro groups is 1. The van der Waals surface area contributed by atoms with Crippen LogP contribution in [0.25, 0.3) is 0 Å². The van der Waals surface area contributed by atoms with Crippen LogP contribution in [-0.2, 0) is 0 Å². The highest BCUT2D eigenvalue weighted by Crippen LogP contribution is 2.29. The van der Waals surface area contributed by atoms with Gasteiger partial charge in [-0.3, -0.25) is 10.1 Å². The van der Waals surface area contributed by atoms with Gasteiger partial charge >= 0.3 is 5.69 Å². The van der Waals surface area contributed by atoms with Gasteiger partial charge < -0.3 is 15.7 Å². The van der Waals surface area contributed by atoms with Crippen LogP contribution in [0, 0.1) is 15.9 Å². The van der Waals surface area contributed by atoms with E-state index in [9.17, 15) is 14.5 Å². The number of nitro benzene ring substituents is 1. The van der Waals surface area contributed by atoms with Crippen molar-refractivity contribution in [2.24, 2.45) is 10.9 Å². The van der Waals surface area contributed by atoms with E-state index in [1.54, 1.807) is 0 Å². The minimum atomic E-state index is -0.835. The molecule has 17 heavy (non-hydrogen) atoms. The second-order valence-electron chi connectivity index (χ2n) is 3.03. The van der Waals surface area contributed by atoms with Crippen LogP contribution in [-0.4, -0.2) is 22.6 Å². The van der Waals surface area contributed by atoms with Crippen LogP contribution >= 0.6 is 0 Å². The van der Waals surface area contributed by atoms with Gasteiger partial charge in [0.05, 0.1) is 11.5 Å². The van der Waals surface area contributed by atoms with E-state index in [1.165, 1.54) is 6.07 Å². The lowest BCUT2D eigenvalue weighted by atomic mass is 10.3. The highest BCUT2D eigenvalue weighted by Gasteiger charge is 2.19. The van der Waals surface area contributed by atoms with Crippen LogP contribution in [0.1, 0.15) is 6.42 Å². The fourth-order valence-electron chi connectivity index (χ4n) is 1.09. The molecule has 0 bridgehead atoms. The zero-order valence-corrected chi connectivity index (χ0v) is 8.67. The van der Waals surface area contributed by atoms with Gasteiger partial charge in [-0.05, 0) is 6.07 Å². The lowest BCUT2D eigenvalue weighted by molar-refractivity contribution is -0.386. The van der Waals surface area contributed by atoms with Crippen LogP contribution in [0.3, 0.4) is 0 Å². The van der Waals surface area contributed by atoms with Crippen molar-refractivity contribution in [1.82, 2.24) is 0 Å². The van der Waals surface area contributed by atoms with Crippen molar-refractivity contribution in [2.45, 2.75) is 6.42 Å². The van der Waals surface area contributed by atoms with Crippen molar-refractivity contribution in [3.8, 4) is 5.75 Å². The summed E-state index contributed by atoms with van der Waals surface area (Å²) >= 11 is 0. The molecule has 0 aliphatic carbocycles. The lowest BCUT2D eigenvalue weighted by Gasteiger charge is -2.06. The Labute approximate surface area is 95.4 Å². The van der Waals surface area contributed by atoms with Gasteiger partial charge in [-0.1, -0.05) is 11.2 Å². The molecule has 0 aliphatic rings. The summed E-state index contributed by atoms with van der Waals surface area (Å²) in [4.78, 5) is 9.85. The maximum atomic E-state index is 13.3. The van der Waals surface area contributed by atoms with Crippen LogP contribution in [0.4, 0.5) is 10.1 Å². The molecule has 0 heterocycles. The molecule has 0 spiro atoms. The summed E-state index contributed by atoms with van der Waals surface area (Å²) in [5.41, 5.74) is 4.70. The Morgan fingerprint density at radius 2 is 2.35 bits per heavy atom. The molecule has 0 fully saturated rings. The van der Waals surface area contributed by atoms with Crippen molar-refractivity contribution in [3.63, 3.8) is 0 Å². The first kappa shape index (κ1) is 12.7. The maximum Gasteiger partial charge on any atom is 0.314 e. The molecule has 0 aromatic heterocycles. The summed E-state index contributed by atoms with van der Waals surface area (Å²) < 4.78 is 18.2. The van der Waals surface area contributed by atoms with Gasteiger partial charge in [0.25, 0.3) is 0 Å². The first-order valence-electron chi connectivity index (χ1n) is 4.58. The number of oxime groups is 1. The molecular formula is C9H10FN3O4. The molecule has 0 radical (unpaired) electrons. The van der Waals surface area contributed by atoms with Crippen molar-refractivity contribution in [2.75, 3.05) is 6.61 Å². The normalized spacial score (nSPS) is 11.2. The Hall–Kier alpha value is -2.38. The maximum absolute atomic E-state index is 13.3. The van der Waals surface area contributed by atoms with E-state index in [0.29, 0.717) is 0 Å². The summed E-state index contributed by atoms with van der Waals surface area (Å²) in [7, 11) is 0. The van der Waals surface area contributed by atoms with Crippen LogP contribution in [0.2, 0.25) is 0 Å². The number of para-hydroxylation sites is 1. The minimum Gasteiger partial charge on any atom is -0.484 e. The standard InChI is InChI=1S/C9H10FN3O4/c10-6-2-1-3-7(13(15)16)9(6)17-5-4-8(11)12-14/h1-3,14H,4-5H2,(H2,11,12). The molecule has 92 valence electrons. The Balaban J connectivity index is 2.79. The Morgan fingerprint density at radius 1 is 1.65 bits per heavy atom. The average molecular weight is 243 g/mol. The second kappa shape index (κ2) is 5.64. The second-order valence-corrected chi connectivity index (χ2v) is 3.03. The van der Waals surface area contributed by atoms with Crippen molar-refractivity contribution in [3.05, 3.63) is 34.1 Å². The first-order chi connectivity index (χ1) is 8.06. The predicted octanol–water partition coefficient (Wildman–Crippen LogP) is 1.25. The van der Waals surface area contributed by atoms with E-state index in [-0.39, 0.29) is 18.9 Å². The molecular weight excluding hydrogens is 233 g/mol. The fraction of sp³-hybridized carbons (Fsp3) is 0.222. The molecule has 7 nitrogen and oxygen atoms in total. The lowest BCUT2D eigenvalue weighted by Crippen LogP contribution is -2.16. The summed E-state index contributed by atoms with van der Waals surface area (Å²) in [6, 6.07) is 3.39. The SMILES string of the molecule is N/C(CCOc1c(F)cccc1[N+](=O)[O-])=N/O. The molecule has 8 heteroatoms. The summed E-state index contributed by atoms with van der Waals surface area (Å²) in [5, 5.41) is 21.5. The fourth-order valence-corrected chi connectivity index (χ4v) is 1.09. The van der Waals surface area contributed by atoms with Crippen molar-refractivity contribution >= 4 is 11.5 Å². The summed E-state index contributed by atoms with van der Waals surface area (Å²) in [5.74, 6) is -1.40. The summed E-state index contributed by atoms with van der Waals surface area (Å²) in [6.07, 6.45) is 0.0298. The third-order valence-corrected chi connectivity index (χ3v) is 1.88. The van der Waals surface area contributed by atoms with E-state index in [1.807, 2.05) is 0 Å². The quantitative estimate of drug-likeness (QED) is 0.266. The topological polar surface area (TPSA) is 111 Å². The highest BCUT2D eigenvalue weighted by molar-refractivity contribution is 5.79. The highest BCUT2D eigenvalue weighted by atomic mass is 19.1. The van der Waals surface area contributed by atoms with Crippen molar-refractivity contribution < 1.29 is 19.3 Å². The number of hydrogen-bond acceptors (Lipinski definition) is 5. The predicted molar refractivity (Wildman–Crippen MR) is 56.6 cm³/mol. The first-order valence-corrected chi connectivity index (χ1v) is 4.58. The molecule has 0 amide bonds. The van der Waals surface area contributed by atoms with E-state index >= 15 is 0 Å². The Kier molecular flexibility index (Phi) is 4.21. The largest absolute Gasteiger partial charge is 0.484 e. The molecule has 3 N–H and O–H groups in total. The number of rotatable bonds is 5. The molecule has 1 aromatic rings. The van der Waals surface area contributed by atoms with E-state index in [2.05, 4.69) is 5.16 Å². The smallest absolute Gasteiger partial charge is 0.314 e. The molecule has 0 aliphatic heterocycles. The number of ether oxygens (including phenoxy) is 1. The molecule has 1 rings (SSSR count). The zero-order valence-electron chi connectivity index (χ0n) is 8.67. The number of amidine groups is 1. The minimum absolute atomic E-state index is 0.0298. The van der Waals surface area contributed by atoms with Gasteiger partial charge in [0.2, 0.25) is 5.75 Å². The zero-order chi connectivity index (χ0) is 12.8. The Bertz CT molecular complexity index is 450. The monoisotopic (exact) mass is 243 g/mol. The summed E-state index contributed by atoms with van der Waals surface area (Å²) in [6.45, 7) is -0.127. The van der Waals surface area contributed by atoms with Crippen LogP contribution < -0.4 is 10.5 Å². The number of nitrogens with zero attached hydrogens (tertiary/aromatic N) is 2. The molecule has 0 atom stereocenters.